The van der Waals surface area contributed by atoms with Crippen molar-refractivity contribution in [2.75, 3.05) is 6.61 Å². The van der Waals surface area contributed by atoms with Crippen molar-refractivity contribution in [2.24, 2.45) is 23.7 Å². The molecule has 5 heteroatoms. The molecule has 5 atom stereocenters. The second-order valence-corrected chi connectivity index (χ2v) is 5.13. The summed E-state index contributed by atoms with van der Waals surface area (Å²) in [7, 11) is 0. The summed E-state index contributed by atoms with van der Waals surface area (Å²) < 4.78 is 0. The van der Waals surface area contributed by atoms with Gasteiger partial charge in [0.1, 0.15) is 0 Å². The van der Waals surface area contributed by atoms with Gasteiger partial charge in [0.15, 0.2) is 0 Å². The predicted octanol–water partition coefficient (Wildman–Crippen LogP) is 0.396. The zero-order valence-corrected chi connectivity index (χ0v) is 10.4. The lowest BCUT2D eigenvalue weighted by Crippen LogP contribution is -2.45. The number of carbonyl (C=O) groups excluding carboxylic acids is 1. The fraction of sp³-hybridized carbons (Fsp3) is 0.692. The lowest BCUT2D eigenvalue weighted by molar-refractivity contribution is -0.148. The third-order valence-electron chi connectivity index (χ3n) is 4.11. The molecule has 1 amide bonds. The van der Waals surface area contributed by atoms with Crippen LogP contribution in [0.4, 0.5) is 0 Å². The molecule has 2 aliphatic rings. The molecule has 0 spiro atoms. The Morgan fingerprint density at radius 2 is 1.94 bits per heavy atom. The van der Waals surface area contributed by atoms with Crippen LogP contribution >= 0.6 is 0 Å². The van der Waals surface area contributed by atoms with Crippen LogP contribution in [-0.4, -0.2) is 34.7 Å². The number of aliphatic hydroxyl groups is 1. The van der Waals surface area contributed by atoms with Gasteiger partial charge in [-0.25, -0.2) is 0 Å². The number of rotatable bonds is 5. The molecule has 0 aromatic carbocycles. The molecule has 0 heterocycles. The van der Waals surface area contributed by atoms with E-state index in [1.807, 2.05) is 19.1 Å². The number of carboxylic acid groups (broad SMARTS) is 1. The topological polar surface area (TPSA) is 86.6 Å². The molecule has 0 aromatic heterocycles. The van der Waals surface area contributed by atoms with Crippen molar-refractivity contribution in [3.8, 4) is 0 Å². The second-order valence-electron chi connectivity index (χ2n) is 5.13. The third kappa shape index (κ3) is 2.14. The number of allylic oxidation sites excluding steroid dienone is 2. The van der Waals surface area contributed by atoms with Crippen LogP contribution in [0.5, 0.6) is 0 Å². The zero-order valence-electron chi connectivity index (χ0n) is 10.4. The van der Waals surface area contributed by atoms with Gasteiger partial charge in [0.2, 0.25) is 5.91 Å². The third-order valence-corrected chi connectivity index (χ3v) is 4.11. The van der Waals surface area contributed by atoms with Crippen molar-refractivity contribution in [1.82, 2.24) is 5.32 Å². The van der Waals surface area contributed by atoms with Crippen LogP contribution in [0.2, 0.25) is 0 Å². The van der Waals surface area contributed by atoms with Crippen molar-refractivity contribution in [3.05, 3.63) is 12.2 Å². The lowest BCUT2D eigenvalue weighted by Gasteiger charge is -2.25. The van der Waals surface area contributed by atoms with Gasteiger partial charge in [-0.1, -0.05) is 19.1 Å². The van der Waals surface area contributed by atoms with Crippen molar-refractivity contribution in [2.45, 2.75) is 25.8 Å². The molecule has 3 N–H and O–H groups in total. The molecule has 2 bridgehead atoms. The number of aliphatic carboxylic acids is 1. The predicted molar refractivity (Wildman–Crippen MR) is 64.7 cm³/mol. The molecule has 5 unspecified atom stereocenters. The molecule has 1 fully saturated rings. The second kappa shape index (κ2) is 5.10. The Morgan fingerprint density at radius 3 is 2.44 bits per heavy atom. The van der Waals surface area contributed by atoms with E-state index in [0.29, 0.717) is 6.42 Å². The summed E-state index contributed by atoms with van der Waals surface area (Å²) in [5, 5.41) is 21.1. The van der Waals surface area contributed by atoms with Gasteiger partial charge in [0.25, 0.3) is 0 Å². The first-order valence-electron chi connectivity index (χ1n) is 6.40. The monoisotopic (exact) mass is 253 g/mol. The summed E-state index contributed by atoms with van der Waals surface area (Å²) in [4.78, 5) is 23.4. The Labute approximate surface area is 106 Å². The highest BCUT2D eigenvalue weighted by atomic mass is 16.4. The summed E-state index contributed by atoms with van der Waals surface area (Å²) in [6.45, 7) is 1.76. The molecule has 0 radical (unpaired) electrons. The summed E-state index contributed by atoms with van der Waals surface area (Å²) in [5.74, 6) is -2.22. The van der Waals surface area contributed by atoms with Crippen LogP contribution in [0.1, 0.15) is 19.8 Å². The van der Waals surface area contributed by atoms with Gasteiger partial charge in [0, 0.05) is 0 Å². The number of hydrogen-bond donors (Lipinski definition) is 3. The van der Waals surface area contributed by atoms with Crippen LogP contribution in [0, 0.1) is 23.7 Å². The minimum atomic E-state index is -0.899. The van der Waals surface area contributed by atoms with E-state index in [-0.39, 0.29) is 30.4 Å². The number of amides is 1. The standard InChI is InChI=1S/C13H19NO4/c1-2-9(6-15)14-12(16)10-7-3-4-8(5-7)11(10)13(17)18/h3-4,7-11,15H,2,5-6H2,1H3,(H,14,16)(H,17,18). The smallest absolute Gasteiger partial charge is 0.307 e. The van der Waals surface area contributed by atoms with Gasteiger partial charge in [-0.15, -0.1) is 0 Å². The highest BCUT2D eigenvalue weighted by Crippen LogP contribution is 2.48. The molecule has 2 aliphatic carbocycles. The molecule has 1 saturated carbocycles. The molecule has 2 rings (SSSR count). The van der Waals surface area contributed by atoms with Crippen LogP contribution < -0.4 is 5.32 Å². The molecule has 0 aromatic rings. The Hall–Kier alpha value is -1.36. The molecule has 5 nitrogen and oxygen atoms in total. The fourth-order valence-electron chi connectivity index (χ4n) is 3.09. The number of fused-ring (bicyclic) bond motifs is 2. The van der Waals surface area contributed by atoms with E-state index >= 15 is 0 Å². The van der Waals surface area contributed by atoms with Gasteiger partial charge in [0.05, 0.1) is 24.5 Å². The van der Waals surface area contributed by atoms with E-state index in [0.717, 1.165) is 6.42 Å². The molecule has 0 saturated heterocycles. The Bertz CT molecular complexity index is 375. The zero-order chi connectivity index (χ0) is 13.3. The minimum absolute atomic E-state index is 0.0162. The number of aliphatic hydroxyl groups excluding tert-OH is 1. The number of nitrogens with one attached hydrogen (secondary N) is 1. The normalized spacial score (nSPS) is 34.6. The van der Waals surface area contributed by atoms with Crippen LogP contribution in [0.3, 0.4) is 0 Å². The summed E-state index contributed by atoms with van der Waals surface area (Å²) in [5.41, 5.74) is 0. The summed E-state index contributed by atoms with van der Waals surface area (Å²) >= 11 is 0. The highest BCUT2D eigenvalue weighted by Gasteiger charge is 2.51. The molecular formula is C13H19NO4. The van der Waals surface area contributed by atoms with E-state index in [4.69, 9.17) is 5.11 Å². The van der Waals surface area contributed by atoms with Crippen molar-refractivity contribution < 1.29 is 19.8 Å². The van der Waals surface area contributed by atoms with Gasteiger partial charge in [-0.3, -0.25) is 9.59 Å². The average Bonchev–Trinajstić information content (AvgIpc) is 2.95. The maximum Gasteiger partial charge on any atom is 0.307 e. The summed E-state index contributed by atoms with van der Waals surface area (Å²) in [6, 6.07) is -0.282. The quantitative estimate of drug-likeness (QED) is 0.619. The van der Waals surface area contributed by atoms with E-state index in [9.17, 15) is 14.7 Å². The molecule has 0 aliphatic heterocycles. The van der Waals surface area contributed by atoms with Gasteiger partial charge >= 0.3 is 5.97 Å². The highest BCUT2D eigenvalue weighted by molar-refractivity contribution is 5.87. The first kappa shape index (κ1) is 13.1. The largest absolute Gasteiger partial charge is 0.481 e. The van der Waals surface area contributed by atoms with E-state index in [2.05, 4.69) is 5.32 Å². The van der Waals surface area contributed by atoms with E-state index in [1.54, 1.807) is 0 Å². The first-order chi connectivity index (χ1) is 8.58. The SMILES string of the molecule is CCC(CO)NC(=O)C1C2C=CC(C2)C1C(=O)O. The fourth-order valence-corrected chi connectivity index (χ4v) is 3.09. The van der Waals surface area contributed by atoms with Crippen LogP contribution in [-0.2, 0) is 9.59 Å². The van der Waals surface area contributed by atoms with Crippen molar-refractivity contribution >= 4 is 11.9 Å². The Balaban J connectivity index is 2.09. The van der Waals surface area contributed by atoms with Gasteiger partial charge < -0.3 is 15.5 Å². The maximum absolute atomic E-state index is 12.2. The number of carboxylic acids is 1. The first-order valence-corrected chi connectivity index (χ1v) is 6.40. The number of hydrogen-bond acceptors (Lipinski definition) is 3. The Kier molecular flexibility index (Phi) is 3.71. The summed E-state index contributed by atoms with van der Waals surface area (Å²) in [6.07, 6.45) is 5.26. The van der Waals surface area contributed by atoms with Crippen molar-refractivity contribution in [1.29, 1.82) is 0 Å². The van der Waals surface area contributed by atoms with E-state index in [1.165, 1.54) is 0 Å². The maximum atomic E-state index is 12.2. The Morgan fingerprint density at radius 1 is 1.33 bits per heavy atom. The van der Waals surface area contributed by atoms with Crippen LogP contribution in [0.25, 0.3) is 0 Å². The minimum Gasteiger partial charge on any atom is -0.481 e. The molecule has 18 heavy (non-hydrogen) atoms. The lowest BCUT2D eigenvalue weighted by atomic mass is 9.82. The van der Waals surface area contributed by atoms with Gasteiger partial charge in [-0.05, 0) is 24.7 Å². The number of carbonyl (C=O) groups is 2. The molecular weight excluding hydrogens is 234 g/mol. The molecule has 100 valence electrons. The van der Waals surface area contributed by atoms with Crippen molar-refractivity contribution in [3.63, 3.8) is 0 Å². The van der Waals surface area contributed by atoms with Gasteiger partial charge in [-0.2, -0.15) is 0 Å². The average molecular weight is 253 g/mol. The van der Waals surface area contributed by atoms with Crippen LogP contribution in [0.15, 0.2) is 12.2 Å². The van der Waals surface area contributed by atoms with E-state index < -0.39 is 17.8 Å².